The first-order valence-electron chi connectivity index (χ1n) is 3.60. The maximum absolute atomic E-state index is 5.77. The van der Waals surface area contributed by atoms with Crippen molar-refractivity contribution in [1.82, 2.24) is 10.1 Å². The van der Waals surface area contributed by atoms with Crippen LogP contribution in [0.1, 0.15) is 0 Å². The van der Waals surface area contributed by atoms with Gasteiger partial charge in [0.2, 0.25) is 5.88 Å². The second-order valence-corrected chi connectivity index (χ2v) is 2.91. The molecule has 0 atom stereocenters. The number of nitrogens with zero attached hydrogens (tertiary/aromatic N) is 2. The fourth-order valence-corrected chi connectivity index (χ4v) is 1.11. The summed E-state index contributed by atoms with van der Waals surface area (Å²) in [5.41, 5.74) is 6.59. The van der Waals surface area contributed by atoms with Crippen molar-refractivity contribution in [3.8, 4) is 11.4 Å². The van der Waals surface area contributed by atoms with Gasteiger partial charge < -0.3 is 10.3 Å². The Morgan fingerprint density at radius 2 is 2.15 bits per heavy atom. The minimum Gasteiger partial charge on any atom is -0.368 e. The van der Waals surface area contributed by atoms with E-state index in [1.807, 2.05) is 0 Å². The Labute approximate surface area is 79.3 Å². The van der Waals surface area contributed by atoms with Crippen LogP contribution in [0.25, 0.3) is 11.4 Å². The van der Waals surface area contributed by atoms with Gasteiger partial charge in [0.25, 0.3) is 0 Å². The molecule has 0 aliphatic rings. The molecule has 2 aromatic heterocycles. The second kappa shape index (κ2) is 3.06. The quantitative estimate of drug-likeness (QED) is 0.756. The third-order valence-electron chi connectivity index (χ3n) is 1.51. The Kier molecular flexibility index (Phi) is 1.90. The summed E-state index contributed by atoms with van der Waals surface area (Å²) >= 11 is 5.77. The Balaban J connectivity index is 2.46. The van der Waals surface area contributed by atoms with Crippen LogP contribution in [-0.4, -0.2) is 10.1 Å². The monoisotopic (exact) mass is 195 g/mol. The molecule has 0 fully saturated rings. The molecule has 0 radical (unpaired) electrons. The van der Waals surface area contributed by atoms with Gasteiger partial charge in [0.05, 0.1) is 5.69 Å². The number of pyridine rings is 1. The largest absolute Gasteiger partial charge is 0.368 e. The van der Waals surface area contributed by atoms with Crippen LogP contribution >= 0.6 is 11.6 Å². The third-order valence-corrected chi connectivity index (χ3v) is 1.75. The lowest BCUT2D eigenvalue weighted by Gasteiger charge is -1.93. The van der Waals surface area contributed by atoms with E-state index in [0.29, 0.717) is 16.4 Å². The number of hydrogen-bond donors (Lipinski definition) is 1. The Bertz CT molecular complexity index is 427. The van der Waals surface area contributed by atoms with E-state index in [1.165, 1.54) is 0 Å². The van der Waals surface area contributed by atoms with E-state index in [1.54, 1.807) is 24.4 Å². The number of nitrogen functional groups attached to an aromatic ring is 1. The second-order valence-electron chi connectivity index (χ2n) is 2.47. The molecule has 0 aromatic carbocycles. The predicted molar refractivity (Wildman–Crippen MR) is 49.2 cm³/mol. The average Bonchev–Trinajstić information content (AvgIpc) is 2.52. The summed E-state index contributed by atoms with van der Waals surface area (Å²) in [6, 6.07) is 4.98. The van der Waals surface area contributed by atoms with E-state index >= 15 is 0 Å². The van der Waals surface area contributed by atoms with Gasteiger partial charge in [0.15, 0.2) is 0 Å². The summed E-state index contributed by atoms with van der Waals surface area (Å²) in [4.78, 5) is 4.06. The number of aromatic nitrogens is 2. The molecule has 5 heteroatoms. The van der Waals surface area contributed by atoms with Gasteiger partial charge in [0, 0.05) is 17.3 Å². The van der Waals surface area contributed by atoms with E-state index in [4.69, 9.17) is 21.9 Å². The molecule has 4 nitrogen and oxygen atoms in total. The molecule has 0 unspecified atom stereocenters. The smallest absolute Gasteiger partial charge is 0.222 e. The highest BCUT2D eigenvalue weighted by Crippen LogP contribution is 2.20. The van der Waals surface area contributed by atoms with Gasteiger partial charge >= 0.3 is 0 Å². The van der Waals surface area contributed by atoms with Crippen molar-refractivity contribution in [2.24, 2.45) is 0 Å². The van der Waals surface area contributed by atoms with E-state index in [2.05, 4.69) is 10.1 Å². The number of nitrogens with two attached hydrogens (primary N) is 1. The van der Waals surface area contributed by atoms with Crippen LogP contribution in [0.5, 0.6) is 0 Å². The van der Waals surface area contributed by atoms with Crippen molar-refractivity contribution in [3.63, 3.8) is 0 Å². The van der Waals surface area contributed by atoms with Gasteiger partial charge in [-0.05, 0) is 12.1 Å². The number of anilines is 1. The molecule has 2 heterocycles. The van der Waals surface area contributed by atoms with Crippen molar-refractivity contribution in [2.75, 3.05) is 5.73 Å². The zero-order valence-electron chi connectivity index (χ0n) is 6.57. The highest BCUT2D eigenvalue weighted by atomic mass is 35.5. The van der Waals surface area contributed by atoms with E-state index in [9.17, 15) is 0 Å². The van der Waals surface area contributed by atoms with E-state index in [0.717, 1.165) is 0 Å². The molecule has 13 heavy (non-hydrogen) atoms. The van der Waals surface area contributed by atoms with Crippen LogP contribution in [-0.2, 0) is 0 Å². The first-order valence-corrected chi connectivity index (χ1v) is 3.97. The van der Waals surface area contributed by atoms with Crippen molar-refractivity contribution < 1.29 is 4.52 Å². The molecule has 2 N–H and O–H groups in total. The van der Waals surface area contributed by atoms with Gasteiger partial charge in [0.1, 0.15) is 5.69 Å². The standard InChI is InChI=1S/C8H6ClN3O/c9-5-1-2-11-6(3-5)7-4-8(10)13-12-7/h1-4H,10H2. The summed E-state index contributed by atoms with van der Waals surface area (Å²) in [6.45, 7) is 0. The molecule has 0 aliphatic carbocycles. The molecule has 2 rings (SSSR count). The van der Waals surface area contributed by atoms with Crippen molar-refractivity contribution in [2.45, 2.75) is 0 Å². The zero-order chi connectivity index (χ0) is 9.26. The number of rotatable bonds is 1. The summed E-state index contributed by atoms with van der Waals surface area (Å²) in [5, 5.41) is 4.31. The fraction of sp³-hybridized carbons (Fsp3) is 0. The van der Waals surface area contributed by atoms with Crippen LogP contribution in [0.2, 0.25) is 5.02 Å². The lowest BCUT2D eigenvalue weighted by atomic mass is 10.3. The molecule has 0 bridgehead atoms. The Morgan fingerprint density at radius 3 is 2.77 bits per heavy atom. The third kappa shape index (κ3) is 1.62. The van der Waals surface area contributed by atoms with Crippen LogP contribution in [0.3, 0.4) is 0 Å². The molecule has 0 amide bonds. The molecule has 0 spiro atoms. The molecule has 66 valence electrons. The highest BCUT2D eigenvalue weighted by molar-refractivity contribution is 6.30. The lowest BCUT2D eigenvalue weighted by molar-refractivity contribution is 0.439. The normalized spacial score (nSPS) is 10.2. The van der Waals surface area contributed by atoms with Gasteiger partial charge in [-0.1, -0.05) is 16.8 Å². The van der Waals surface area contributed by atoms with Crippen LogP contribution < -0.4 is 5.73 Å². The van der Waals surface area contributed by atoms with E-state index < -0.39 is 0 Å². The topological polar surface area (TPSA) is 64.9 Å². The first-order chi connectivity index (χ1) is 6.25. The van der Waals surface area contributed by atoms with Crippen molar-refractivity contribution in [3.05, 3.63) is 29.4 Å². The first kappa shape index (κ1) is 8.07. The molecule has 0 aliphatic heterocycles. The molecule has 0 saturated carbocycles. The van der Waals surface area contributed by atoms with Crippen LogP contribution in [0, 0.1) is 0 Å². The minimum absolute atomic E-state index is 0.261. The van der Waals surface area contributed by atoms with Crippen molar-refractivity contribution >= 4 is 17.5 Å². The molecule has 2 aromatic rings. The lowest BCUT2D eigenvalue weighted by Crippen LogP contribution is -1.81. The van der Waals surface area contributed by atoms with Crippen LogP contribution in [0.4, 0.5) is 5.88 Å². The van der Waals surface area contributed by atoms with Gasteiger partial charge in [-0.25, -0.2) is 0 Å². The highest BCUT2D eigenvalue weighted by Gasteiger charge is 2.05. The zero-order valence-corrected chi connectivity index (χ0v) is 7.32. The number of halogens is 1. The summed E-state index contributed by atoms with van der Waals surface area (Å²) < 4.78 is 4.70. The predicted octanol–water partition coefficient (Wildman–Crippen LogP) is 1.97. The molecule has 0 saturated heterocycles. The SMILES string of the molecule is Nc1cc(-c2cc(Cl)ccn2)no1. The van der Waals surface area contributed by atoms with Gasteiger partial charge in [-0.2, -0.15) is 0 Å². The van der Waals surface area contributed by atoms with Crippen LogP contribution in [0.15, 0.2) is 28.9 Å². The summed E-state index contributed by atoms with van der Waals surface area (Å²) in [6.07, 6.45) is 1.60. The summed E-state index contributed by atoms with van der Waals surface area (Å²) in [5.74, 6) is 0.261. The maximum Gasteiger partial charge on any atom is 0.222 e. The fourth-order valence-electron chi connectivity index (χ4n) is 0.955. The van der Waals surface area contributed by atoms with Gasteiger partial charge in [-0.3, -0.25) is 4.98 Å². The summed E-state index contributed by atoms with van der Waals surface area (Å²) in [7, 11) is 0. The maximum atomic E-state index is 5.77. The minimum atomic E-state index is 0.261. The molecular weight excluding hydrogens is 190 g/mol. The molecular formula is C8H6ClN3O. The Hall–Kier alpha value is -1.55. The Morgan fingerprint density at radius 1 is 1.31 bits per heavy atom. The average molecular weight is 196 g/mol. The van der Waals surface area contributed by atoms with Crippen molar-refractivity contribution in [1.29, 1.82) is 0 Å². The number of hydrogen-bond acceptors (Lipinski definition) is 4. The van der Waals surface area contributed by atoms with Gasteiger partial charge in [-0.15, -0.1) is 0 Å². The van der Waals surface area contributed by atoms with E-state index in [-0.39, 0.29) is 5.88 Å².